The Balaban J connectivity index is 1.66. The summed E-state index contributed by atoms with van der Waals surface area (Å²) in [5.41, 5.74) is 2.01. The number of rotatable bonds is 7. The maximum Gasteiger partial charge on any atom is 0.249 e. The normalized spacial score (nSPS) is 12.1. The molecule has 0 aliphatic heterocycles. The fourth-order valence-corrected chi connectivity index (χ4v) is 3.00. The van der Waals surface area contributed by atoms with E-state index in [0.717, 1.165) is 15.6 Å². The van der Waals surface area contributed by atoms with E-state index in [1.54, 1.807) is 0 Å². The topological polar surface area (TPSA) is 68.0 Å². The van der Waals surface area contributed by atoms with Crippen molar-refractivity contribution < 1.29 is 9.32 Å². The molecule has 5 nitrogen and oxygen atoms in total. The van der Waals surface area contributed by atoms with Crippen LogP contribution in [0.25, 0.3) is 11.4 Å². The molecular weight excluding hydrogens is 406 g/mol. The van der Waals surface area contributed by atoms with E-state index < -0.39 is 0 Å². The largest absolute Gasteiger partial charge is 0.344 e. The zero-order valence-corrected chi connectivity index (χ0v) is 16.9. The van der Waals surface area contributed by atoms with E-state index in [2.05, 4.69) is 31.4 Å². The van der Waals surface area contributed by atoms with Crippen LogP contribution in [0.5, 0.6) is 0 Å². The lowest BCUT2D eigenvalue weighted by atomic mass is 10.0. The molecule has 0 bridgehead atoms. The number of hydrogen-bond donors (Lipinski definition) is 1. The molecule has 1 N–H and O–H groups in total. The van der Waals surface area contributed by atoms with E-state index in [1.807, 2.05) is 68.4 Å². The van der Waals surface area contributed by atoms with Gasteiger partial charge in [0.2, 0.25) is 17.6 Å². The number of nitrogens with one attached hydrogen (secondary N) is 1. The highest BCUT2D eigenvalue weighted by Crippen LogP contribution is 2.24. The van der Waals surface area contributed by atoms with Crippen LogP contribution in [0.2, 0.25) is 0 Å². The number of halogens is 1. The molecule has 27 heavy (non-hydrogen) atoms. The van der Waals surface area contributed by atoms with Crippen molar-refractivity contribution in [2.24, 2.45) is 5.92 Å². The Morgan fingerprint density at radius 2 is 1.81 bits per heavy atom. The minimum Gasteiger partial charge on any atom is -0.344 e. The van der Waals surface area contributed by atoms with Gasteiger partial charge in [-0.1, -0.05) is 65.3 Å². The molecule has 6 heteroatoms. The van der Waals surface area contributed by atoms with Gasteiger partial charge in [0.1, 0.15) is 6.04 Å². The van der Waals surface area contributed by atoms with Crippen molar-refractivity contribution in [1.82, 2.24) is 15.5 Å². The summed E-state index contributed by atoms with van der Waals surface area (Å²) < 4.78 is 6.44. The Bertz CT molecular complexity index is 876. The first kappa shape index (κ1) is 19.3. The molecule has 3 aromatic rings. The van der Waals surface area contributed by atoms with Gasteiger partial charge in [-0.05, 0) is 42.2 Å². The minimum atomic E-state index is -0.315. The molecule has 0 saturated heterocycles. The Kier molecular flexibility index (Phi) is 6.40. The molecule has 1 atom stereocenters. The molecule has 0 radical (unpaired) electrons. The molecule has 0 aliphatic carbocycles. The van der Waals surface area contributed by atoms with Crippen molar-refractivity contribution in [2.45, 2.75) is 32.7 Å². The van der Waals surface area contributed by atoms with E-state index >= 15 is 0 Å². The van der Waals surface area contributed by atoms with Gasteiger partial charge in [-0.25, -0.2) is 0 Å². The highest BCUT2D eigenvalue weighted by molar-refractivity contribution is 9.10. The summed E-state index contributed by atoms with van der Waals surface area (Å²) in [6.07, 6.45) is 1.12. The Labute approximate surface area is 167 Å². The van der Waals surface area contributed by atoms with Crippen LogP contribution in [0, 0.1) is 5.92 Å². The lowest BCUT2D eigenvalue weighted by Crippen LogP contribution is -2.32. The monoisotopic (exact) mass is 427 g/mol. The number of amides is 1. The van der Waals surface area contributed by atoms with Gasteiger partial charge >= 0.3 is 0 Å². The average molecular weight is 428 g/mol. The smallest absolute Gasteiger partial charge is 0.249 e. The molecule has 0 aliphatic rings. The summed E-state index contributed by atoms with van der Waals surface area (Å²) in [5.74, 6) is 1.04. The van der Waals surface area contributed by atoms with Crippen molar-refractivity contribution in [3.05, 3.63) is 70.5 Å². The number of carbonyl (C=O) groups excluding carboxylic acids is 1. The summed E-state index contributed by atoms with van der Waals surface area (Å²) >= 11 is 3.41. The van der Waals surface area contributed by atoms with Crippen LogP contribution in [0.3, 0.4) is 0 Å². The molecule has 0 spiro atoms. The van der Waals surface area contributed by atoms with E-state index in [1.165, 1.54) is 0 Å². The summed E-state index contributed by atoms with van der Waals surface area (Å²) in [6.45, 7) is 4.04. The zero-order valence-electron chi connectivity index (χ0n) is 15.4. The number of nitrogens with zero attached hydrogens (tertiary/aromatic N) is 2. The second-order valence-corrected chi connectivity index (χ2v) is 7.65. The van der Waals surface area contributed by atoms with Crippen LogP contribution < -0.4 is 5.32 Å². The lowest BCUT2D eigenvalue weighted by Gasteiger charge is -2.18. The van der Waals surface area contributed by atoms with Gasteiger partial charge < -0.3 is 9.84 Å². The molecule has 0 saturated carbocycles. The maximum atomic E-state index is 12.4. The van der Waals surface area contributed by atoms with Crippen molar-refractivity contribution in [3.8, 4) is 11.4 Å². The molecule has 1 amide bonds. The minimum absolute atomic E-state index is 0.0269. The van der Waals surface area contributed by atoms with Crippen LogP contribution in [-0.4, -0.2) is 16.0 Å². The van der Waals surface area contributed by atoms with Gasteiger partial charge in [-0.3, -0.25) is 4.79 Å². The highest BCUT2D eigenvalue weighted by atomic mass is 79.9. The van der Waals surface area contributed by atoms with Crippen LogP contribution in [-0.2, 0) is 11.2 Å². The second kappa shape index (κ2) is 8.95. The standard InChI is InChI=1S/C21H22BrN3O2/c1-14(2)19(23-18(26)13-8-15-6-4-3-5-7-15)21-24-20(25-27-21)16-9-11-17(22)12-10-16/h3-7,9-12,14,19H,8,13H2,1-2H3,(H,23,26)/t19-/m1/s1. The fourth-order valence-electron chi connectivity index (χ4n) is 2.74. The third-order valence-electron chi connectivity index (χ3n) is 4.28. The Hall–Kier alpha value is -2.47. The molecule has 2 aromatic carbocycles. The van der Waals surface area contributed by atoms with Crippen molar-refractivity contribution in [1.29, 1.82) is 0 Å². The molecule has 0 unspecified atom stereocenters. The first-order valence-electron chi connectivity index (χ1n) is 8.96. The number of hydrogen-bond acceptors (Lipinski definition) is 4. The third-order valence-corrected chi connectivity index (χ3v) is 4.81. The molecule has 1 aromatic heterocycles. The average Bonchev–Trinajstić information content (AvgIpc) is 3.15. The van der Waals surface area contributed by atoms with E-state index in [4.69, 9.17) is 4.52 Å². The fraction of sp³-hybridized carbons (Fsp3) is 0.286. The summed E-state index contributed by atoms with van der Waals surface area (Å²) in [4.78, 5) is 16.9. The van der Waals surface area contributed by atoms with Crippen LogP contribution >= 0.6 is 15.9 Å². The maximum absolute atomic E-state index is 12.4. The molecule has 1 heterocycles. The van der Waals surface area contributed by atoms with E-state index in [9.17, 15) is 4.79 Å². The molecule has 0 fully saturated rings. The first-order valence-corrected chi connectivity index (χ1v) is 9.75. The van der Waals surface area contributed by atoms with E-state index in [-0.39, 0.29) is 17.9 Å². The quantitative estimate of drug-likeness (QED) is 0.579. The second-order valence-electron chi connectivity index (χ2n) is 6.74. The van der Waals surface area contributed by atoms with Gasteiger partial charge in [0.05, 0.1) is 0 Å². The number of carbonyl (C=O) groups is 1. The Morgan fingerprint density at radius 3 is 2.48 bits per heavy atom. The predicted octanol–water partition coefficient (Wildman–Crippen LogP) is 4.95. The van der Waals surface area contributed by atoms with E-state index in [0.29, 0.717) is 24.6 Å². The molecular formula is C21H22BrN3O2. The van der Waals surface area contributed by atoms with Crippen molar-refractivity contribution in [3.63, 3.8) is 0 Å². The number of benzene rings is 2. The summed E-state index contributed by atoms with van der Waals surface area (Å²) in [6, 6.07) is 17.3. The van der Waals surface area contributed by atoms with Crippen LogP contribution in [0.1, 0.15) is 37.8 Å². The van der Waals surface area contributed by atoms with Gasteiger partial charge in [-0.2, -0.15) is 4.98 Å². The lowest BCUT2D eigenvalue weighted by molar-refractivity contribution is -0.122. The zero-order chi connectivity index (χ0) is 19.2. The summed E-state index contributed by atoms with van der Waals surface area (Å²) in [5, 5.41) is 7.10. The number of aryl methyl sites for hydroxylation is 1. The van der Waals surface area contributed by atoms with Crippen molar-refractivity contribution >= 4 is 21.8 Å². The first-order chi connectivity index (χ1) is 13.0. The highest BCUT2D eigenvalue weighted by Gasteiger charge is 2.24. The Morgan fingerprint density at radius 1 is 1.11 bits per heavy atom. The predicted molar refractivity (Wildman–Crippen MR) is 108 cm³/mol. The number of aromatic nitrogens is 2. The van der Waals surface area contributed by atoms with Gasteiger partial charge in [0.15, 0.2) is 0 Å². The third kappa shape index (κ3) is 5.26. The molecule has 140 valence electrons. The SMILES string of the molecule is CC(C)[C@@H](NC(=O)CCc1ccccc1)c1nc(-c2ccc(Br)cc2)no1. The summed E-state index contributed by atoms with van der Waals surface area (Å²) in [7, 11) is 0. The van der Waals surface area contributed by atoms with Gasteiger partial charge in [0, 0.05) is 16.5 Å². The molecule has 3 rings (SSSR count). The van der Waals surface area contributed by atoms with Gasteiger partial charge in [-0.15, -0.1) is 0 Å². The van der Waals surface area contributed by atoms with Crippen LogP contribution in [0.15, 0.2) is 63.6 Å². The van der Waals surface area contributed by atoms with Crippen molar-refractivity contribution in [2.75, 3.05) is 0 Å². The van der Waals surface area contributed by atoms with Gasteiger partial charge in [0.25, 0.3) is 0 Å². The van der Waals surface area contributed by atoms with Crippen LogP contribution in [0.4, 0.5) is 0 Å².